The predicted molar refractivity (Wildman–Crippen MR) is 109 cm³/mol. The predicted octanol–water partition coefficient (Wildman–Crippen LogP) is 4.75. The molecule has 0 fully saturated rings. The van der Waals surface area contributed by atoms with E-state index in [0.717, 1.165) is 33.2 Å². The molecule has 5 nitrogen and oxygen atoms in total. The average Bonchev–Trinajstić information content (AvgIpc) is 3.09. The van der Waals surface area contributed by atoms with Gasteiger partial charge < -0.3 is 4.90 Å². The fourth-order valence-corrected chi connectivity index (χ4v) is 3.38. The van der Waals surface area contributed by atoms with E-state index in [2.05, 4.69) is 36.1 Å². The fourth-order valence-electron chi connectivity index (χ4n) is 3.38. The van der Waals surface area contributed by atoms with Crippen LogP contribution < -0.4 is 4.90 Å². The summed E-state index contributed by atoms with van der Waals surface area (Å²) in [6.45, 7) is 6.02. The van der Waals surface area contributed by atoms with Gasteiger partial charge in [0.25, 0.3) is 5.91 Å². The number of carbonyl (C=O) groups excluding carboxylic acids is 1. The number of amides is 1. The lowest BCUT2D eigenvalue weighted by Crippen LogP contribution is -2.26. The van der Waals surface area contributed by atoms with E-state index in [1.165, 1.54) is 0 Å². The van der Waals surface area contributed by atoms with Crippen LogP contribution in [0, 0.1) is 6.92 Å². The number of aromatic nitrogens is 3. The van der Waals surface area contributed by atoms with Crippen LogP contribution in [0.25, 0.3) is 21.8 Å². The number of rotatable bonds is 3. The van der Waals surface area contributed by atoms with Crippen LogP contribution in [0.5, 0.6) is 0 Å². The first-order valence-electron chi connectivity index (χ1n) is 9.07. The number of hydrogen-bond donors (Lipinski definition) is 0. The van der Waals surface area contributed by atoms with Gasteiger partial charge in [0.1, 0.15) is 0 Å². The Hall–Kier alpha value is -3.21. The first-order valence-corrected chi connectivity index (χ1v) is 9.07. The molecule has 0 aliphatic carbocycles. The Morgan fingerprint density at radius 1 is 1.07 bits per heavy atom. The highest BCUT2D eigenvalue weighted by Gasteiger charge is 2.20. The van der Waals surface area contributed by atoms with Gasteiger partial charge in [0.05, 0.1) is 17.1 Å². The van der Waals surface area contributed by atoms with Gasteiger partial charge in [0.15, 0.2) is 5.65 Å². The van der Waals surface area contributed by atoms with E-state index >= 15 is 0 Å². The van der Waals surface area contributed by atoms with Crippen LogP contribution in [0.15, 0.2) is 54.7 Å². The fraction of sp³-hybridized carbons (Fsp3) is 0.227. The monoisotopic (exact) mass is 358 g/mol. The Balaban J connectivity index is 1.79. The van der Waals surface area contributed by atoms with Crippen LogP contribution in [0.4, 0.5) is 5.69 Å². The van der Waals surface area contributed by atoms with E-state index in [9.17, 15) is 4.79 Å². The van der Waals surface area contributed by atoms with Crippen LogP contribution in [0.2, 0.25) is 0 Å². The van der Waals surface area contributed by atoms with Crippen molar-refractivity contribution >= 4 is 33.4 Å². The highest BCUT2D eigenvalue weighted by atomic mass is 16.2. The van der Waals surface area contributed by atoms with Gasteiger partial charge in [-0.15, -0.1) is 0 Å². The third-order valence-corrected chi connectivity index (χ3v) is 4.84. The molecule has 4 aromatic rings. The molecule has 0 N–H and O–H groups in total. The van der Waals surface area contributed by atoms with Gasteiger partial charge in [-0.25, -0.2) is 9.67 Å². The summed E-state index contributed by atoms with van der Waals surface area (Å²) in [6, 6.07) is 16.2. The molecule has 0 aliphatic heterocycles. The minimum Gasteiger partial charge on any atom is -0.311 e. The topological polar surface area (TPSA) is 51.0 Å². The molecule has 0 saturated carbocycles. The molecule has 0 bridgehead atoms. The van der Waals surface area contributed by atoms with E-state index in [1.807, 2.05) is 48.0 Å². The van der Waals surface area contributed by atoms with Crippen LogP contribution >= 0.6 is 0 Å². The summed E-state index contributed by atoms with van der Waals surface area (Å²) in [6.07, 6.45) is 1.74. The minimum absolute atomic E-state index is 0.0657. The molecule has 5 heteroatoms. The molecule has 27 heavy (non-hydrogen) atoms. The van der Waals surface area contributed by atoms with Gasteiger partial charge >= 0.3 is 0 Å². The second-order valence-corrected chi connectivity index (χ2v) is 7.13. The molecule has 2 heterocycles. The summed E-state index contributed by atoms with van der Waals surface area (Å²) < 4.78 is 1.86. The zero-order chi connectivity index (χ0) is 19.1. The van der Waals surface area contributed by atoms with Crippen molar-refractivity contribution < 1.29 is 4.79 Å². The van der Waals surface area contributed by atoms with E-state index in [0.29, 0.717) is 5.56 Å². The van der Waals surface area contributed by atoms with Gasteiger partial charge in [-0.2, -0.15) is 5.10 Å². The number of nitrogens with zero attached hydrogens (tertiary/aromatic N) is 4. The van der Waals surface area contributed by atoms with E-state index in [-0.39, 0.29) is 11.9 Å². The lowest BCUT2D eigenvalue weighted by Gasteiger charge is -2.19. The third kappa shape index (κ3) is 2.95. The zero-order valence-corrected chi connectivity index (χ0v) is 16.0. The number of fused-ring (bicyclic) bond motifs is 2. The van der Waals surface area contributed by atoms with Crippen molar-refractivity contribution in [2.24, 2.45) is 0 Å². The maximum Gasteiger partial charge on any atom is 0.258 e. The summed E-state index contributed by atoms with van der Waals surface area (Å²) in [5.74, 6) is -0.0657. The molecule has 0 radical (unpaired) electrons. The Bertz CT molecular complexity index is 1160. The van der Waals surface area contributed by atoms with Crippen LogP contribution in [-0.2, 0) is 0 Å². The molecule has 2 aromatic heterocycles. The van der Waals surface area contributed by atoms with Crippen molar-refractivity contribution in [3.63, 3.8) is 0 Å². The van der Waals surface area contributed by atoms with Gasteiger partial charge in [-0.3, -0.25) is 4.79 Å². The Morgan fingerprint density at radius 3 is 2.56 bits per heavy atom. The molecule has 4 rings (SSSR count). The Morgan fingerprint density at radius 2 is 1.81 bits per heavy atom. The first kappa shape index (κ1) is 17.2. The lowest BCUT2D eigenvalue weighted by molar-refractivity contribution is 0.0994. The van der Waals surface area contributed by atoms with Crippen molar-refractivity contribution in [2.45, 2.75) is 26.8 Å². The summed E-state index contributed by atoms with van der Waals surface area (Å²) in [5, 5.41) is 7.48. The molecule has 136 valence electrons. The van der Waals surface area contributed by atoms with Crippen molar-refractivity contribution in [2.75, 3.05) is 11.9 Å². The highest BCUT2D eigenvalue weighted by Crippen LogP contribution is 2.26. The summed E-state index contributed by atoms with van der Waals surface area (Å²) in [5.41, 5.74) is 3.04. The standard InChI is InChI=1S/C22H22N4O/c1-14(2)26-21-20(13-23-26)19(11-15(3)24-21)22(27)25(4)18-10-9-16-7-5-6-8-17(16)12-18/h5-14H,1-4H3. The van der Waals surface area contributed by atoms with Crippen LogP contribution in [0.1, 0.15) is 35.9 Å². The normalized spacial score (nSPS) is 11.4. The molecule has 0 atom stereocenters. The largest absolute Gasteiger partial charge is 0.311 e. The first-order chi connectivity index (χ1) is 13.0. The molecular formula is C22H22N4O. The quantitative estimate of drug-likeness (QED) is 0.531. The van der Waals surface area contributed by atoms with Crippen molar-refractivity contribution in [3.8, 4) is 0 Å². The Labute approximate surface area is 158 Å². The number of anilines is 1. The van der Waals surface area contributed by atoms with Crippen molar-refractivity contribution in [3.05, 3.63) is 66.0 Å². The molecule has 0 unspecified atom stereocenters. The van der Waals surface area contributed by atoms with Crippen molar-refractivity contribution in [1.29, 1.82) is 0 Å². The second-order valence-electron chi connectivity index (χ2n) is 7.13. The average molecular weight is 358 g/mol. The highest BCUT2D eigenvalue weighted by molar-refractivity contribution is 6.13. The van der Waals surface area contributed by atoms with E-state index in [4.69, 9.17) is 0 Å². The summed E-state index contributed by atoms with van der Waals surface area (Å²) >= 11 is 0. The van der Waals surface area contributed by atoms with E-state index < -0.39 is 0 Å². The molecular weight excluding hydrogens is 336 g/mol. The number of hydrogen-bond acceptors (Lipinski definition) is 3. The SMILES string of the molecule is Cc1cc(C(=O)N(C)c2ccc3ccccc3c2)c2cnn(C(C)C)c2n1. The molecule has 0 aliphatic rings. The summed E-state index contributed by atoms with van der Waals surface area (Å²) in [4.78, 5) is 19.6. The number of carbonyl (C=O) groups is 1. The molecule has 0 spiro atoms. The minimum atomic E-state index is -0.0657. The van der Waals surface area contributed by atoms with E-state index in [1.54, 1.807) is 18.1 Å². The maximum atomic E-state index is 13.3. The molecule has 2 aromatic carbocycles. The molecule has 1 amide bonds. The van der Waals surface area contributed by atoms with Gasteiger partial charge in [-0.1, -0.05) is 30.3 Å². The number of aryl methyl sites for hydroxylation is 1. The van der Waals surface area contributed by atoms with Gasteiger partial charge in [-0.05, 0) is 49.7 Å². The van der Waals surface area contributed by atoms with Crippen LogP contribution in [0.3, 0.4) is 0 Å². The second kappa shape index (κ2) is 6.50. The molecule has 0 saturated heterocycles. The van der Waals surface area contributed by atoms with Gasteiger partial charge in [0.2, 0.25) is 0 Å². The Kier molecular flexibility index (Phi) is 4.15. The van der Waals surface area contributed by atoms with Crippen LogP contribution in [-0.4, -0.2) is 27.7 Å². The third-order valence-electron chi connectivity index (χ3n) is 4.84. The van der Waals surface area contributed by atoms with Crippen molar-refractivity contribution in [1.82, 2.24) is 14.8 Å². The summed E-state index contributed by atoms with van der Waals surface area (Å²) in [7, 11) is 1.81. The maximum absolute atomic E-state index is 13.3. The number of benzene rings is 2. The smallest absolute Gasteiger partial charge is 0.258 e. The lowest BCUT2D eigenvalue weighted by atomic mass is 10.1. The zero-order valence-electron chi connectivity index (χ0n) is 16.0. The number of pyridine rings is 1. The van der Waals surface area contributed by atoms with Gasteiger partial charge in [0, 0.05) is 24.5 Å².